The lowest BCUT2D eigenvalue weighted by atomic mass is 10.0. The smallest absolute Gasteiger partial charge is 0.261 e. The molecule has 140 valence electrons. The molecule has 0 aliphatic carbocycles. The third kappa shape index (κ3) is 4.48. The van der Waals surface area contributed by atoms with E-state index in [1.807, 2.05) is 42.5 Å². The van der Waals surface area contributed by atoms with E-state index in [9.17, 15) is 4.79 Å². The fourth-order valence-electron chi connectivity index (χ4n) is 3.28. The molecule has 3 aromatic carbocycles. The molecule has 0 unspecified atom stereocenters. The van der Waals surface area contributed by atoms with Gasteiger partial charge in [0.2, 0.25) is 0 Å². The van der Waals surface area contributed by atoms with E-state index in [0.29, 0.717) is 6.54 Å². The quantitative estimate of drug-likeness (QED) is 0.640. The second-order valence-corrected chi connectivity index (χ2v) is 6.77. The molecule has 3 nitrogen and oxygen atoms in total. The number of carbonyl (C=O) groups is 1. The second kappa shape index (κ2) is 8.72. The van der Waals surface area contributed by atoms with Gasteiger partial charge in [0.05, 0.1) is 0 Å². The average Bonchev–Trinajstić information content (AvgIpc) is 2.71. The van der Waals surface area contributed by atoms with Crippen LogP contribution in [0.1, 0.15) is 37.5 Å². The Bertz CT molecular complexity index is 927. The lowest BCUT2D eigenvalue weighted by Gasteiger charge is -2.17. The molecule has 0 aliphatic rings. The SMILES string of the molecule is CCc1ccc(CC)c(CNC(=O)[C@@H](C)Oc2cccc3ccccc23)c1. The van der Waals surface area contributed by atoms with E-state index in [-0.39, 0.29) is 5.91 Å². The van der Waals surface area contributed by atoms with Crippen LogP contribution in [0.25, 0.3) is 10.8 Å². The van der Waals surface area contributed by atoms with Crippen LogP contribution in [-0.4, -0.2) is 12.0 Å². The zero-order chi connectivity index (χ0) is 19.2. The van der Waals surface area contributed by atoms with E-state index >= 15 is 0 Å². The van der Waals surface area contributed by atoms with Gasteiger partial charge in [-0.25, -0.2) is 0 Å². The largest absolute Gasteiger partial charge is 0.480 e. The van der Waals surface area contributed by atoms with Crippen molar-refractivity contribution in [2.45, 2.75) is 46.3 Å². The molecule has 0 heterocycles. The highest BCUT2D eigenvalue weighted by atomic mass is 16.5. The highest BCUT2D eigenvalue weighted by Gasteiger charge is 2.16. The Labute approximate surface area is 161 Å². The van der Waals surface area contributed by atoms with Crippen molar-refractivity contribution in [3.63, 3.8) is 0 Å². The summed E-state index contributed by atoms with van der Waals surface area (Å²) in [6.07, 6.45) is 1.39. The Morgan fingerprint density at radius 2 is 1.74 bits per heavy atom. The fourth-order valence-corrected chi connectivity index (χ4v) is 3.28. The van der Waals surface area contributed by atoms with Gasteiger partial charge < -0.3 is 10.1 Å². The van der Waals surface area contributed by atoms with E-state index in [2.05, 4.69) is 37.4 Å². The number of hydrogen-bond donors (Lipinski definition) is 1. The standard InChI is InChI=1S/C24H27NO2/c1-4-18-13-14-19(5-2)21(15-18)16-25-24(26)17(3)27-23-12-8-10-20-9-6-7-11-22(20)23/h6-15,17H,4-5,16H2,1-3H3,(H,25,26)/t17-/m1/s1. The maximum absolute atomic E-state index is 12.6. The lowest BCUT2D eigenvalue weighted by molar-refractivity contribution is -0.127. The maximum atomic E-state index is 12.6. The van der Waals surface area contributed by atoms with E-state index in [4.69, 9.17) is 4.74 Å². The van der Waals surface area contributed by atoms with Crippen LogP contribution in [0.4, 0.5) is 0 Å². The molecule has 0 aliphatic heterocycles. The number of fused-ring (bicyclic) bond motifs is 1. The molecule has 3 heteroatoms. The van der Waals surface area contributed by atoms with Gasteiger partial charge in [0, 0.05) is 11.9 Å². The number of nitrogens with one attached hydrogen (secondary N) is 1. The van der Waals surface area contributed by atoms with Crippen LogP contribution in [0.5, 0.6) is 5.75 Å². The first-order valence-electron chi connectivity index (χ1n) is 9.65. The molecule has 1 amide bonds. The summed E-state index contributed by atoms with van der Waals surface area (Å²) in [5, 5.41) is 5.15. The molecule has 3 aromatic rings. The van der Waals surface area contributed by atoms with Gasteiger partial charge in [0.1, 0.15) is 5.75 Å². The Morgan fingerprint density at radius 3 is 2.52 bits per heavy atom. The summed E-state index contributed by atoms with van der Waals surface area (Å²) >= 11 is 0. The van der Waals surface area contributed by atoms with Crippen molar-refractivity contribution in [3.8, 4) is 5.75 Å². The molecule has 0 fully saturated rings. The minimum absolute atomic E-state index is 0.105. The normalized spacial score (nSPS) is 12.0. The van der Waals surface area contributed by atoms with Gasteiger partial charge in [0.15, 0.2) is 6.10 Å². The van der Waals surface area contributed by atoms with Crippen LogP contribution < -0.4 is 10.1 Å². The third-order valence-electron chi connectivity index (χ3n) is 4.94. The van der Waals surface area contributed by atoms with Crippen molar-refractivity contribution in [1.82, 2.24) is 5.32 Å². The van der Waals surface area contributed by atoms with Gasteiger partial charge in [0.25, 0.3) is 5.91 Å². The Kier molecular flexibility index (Phi) is 6.12. The number of hydrogen-bond acceptors (Lipinski definition) is 2. The van der Waals surface area contributed by atoms with Crippen LogP contribution >= 0.6 is 0 Å². The Hall–Kier alpha value is -2.81. The molecule has 1 N–H and O–H groups in total. The molecule has 1 atom stereocenters. The first-order valence-corrected chi connectivity index (χ1v) is 9.65. The highest BCUT2D eigenvalue weighted by Crippen LogP contribution is 2.26. The molecule has 0 radical (unpaired) electrons. The summed E-state index contributed by atoms with van der Waals surface area (Å²) in [4.78, 5) is 12.6. The van der Waals surface area contributed by atoms with E-state index in [0.717, 1.165) is 29.4 Å². The van der Waals surface area contributed by atoms with Crippen molar-refractivity contribution in [1.29, 1.82) is 0 Å². The molecule has 0 saturated carbocycles. The summed E-state index contributed by atoms with van der Waals surface area (Å²) in [6, 6.07) is 20.4. The summed E-state index contributed by atoms with van der Waals surface area (Å²) in [7, 11) is 0. The average molecular weight is 361 g/mol. The third-order valence-corrected chi connectivity index (χ3v) is 4.94. The molecular weight excluding hydrogens is 334 g/mol. The van der Waals surface area contributed by atoms with Gasteiger partial charge in [-0.3, -0.25) is 4.79 Å². The molecule has 3 rings (SSSR count). The first-order chi connectivity index (χ1) is 13.1. The fraction of sp³-hybridized carbons (Fsp3) is 0.292. The minimum Gasteiger partial charge on any atom is -0.480 e. The van der Waals surface area contributed by atoms with Gasteiger partial charge in [-0.2, -0.15) is 0 Å². The Morgan fingerprint density at radius 1 is 0.963 bits per heavy atom. The number of aryl methyl sites for hydroxylation is 2. The molecular formula is C24H27NO2. The predicted octanol–water partition coefficient (Wildman–Crippen LogP) is 5.05. The first kappa shape index (κ1) is 19.0. The van der Waals surface area contributed by atoms with Crippen molar-refractivity contribution < 1.29 is 9.53 Å². The molecule has 0 bridgehead atoms. The van der Waals surface area contributed by atoms with Crippen LogP contribution in [-0.2, 0) is 24.2 Å². The topological polar surface area (TPSA) is 38.3 Å². The minimum atomic E-state index is -0.560. The molecule has 0 saturated heterocycles. The molecule has 0 aromatic heterocycles. The predicted molar refractivity (Wildman–Crippen MR) is 111 cm³/mol. The summed E-state index contributed by atoms with van der Waals surface area (Å²) in [5.74, 6) is 0.630. The van der Waals surface area contributed by atoms with Gasteiger partial charge in [-0.05, 0) is 47.9 Å². The molecule has 0 spiro atoms. The van der Waals surface area contributed by atoms with E-state index < -0.39 is 6.10 Å². The maximum Gasteiger partial charge on any atom is 0.261 e. The second-order valence-electron chi connectivity index (χ2n) is 6.77. The summed E-state index contributed by atoms with van der Waals surface area (Å²) in [5.41, 5.74) is 3.74. The monoisotopic (exact) mass is 361 g/mol. The number of rotatable bonds is 7. The number of ether oxygens (including phenoxy) is 1. The van der Waals surface area contributed by atoms with Crippen LogP contribution in [0.2, 0.25) is 0 Å². The zero-order valence-electron chi connectivity index (χ0n) is 16.3. The van der Waals surface area contributed by atoms with Crippen molar-refractivity contribution in [2.75, 3.05) is 0 Å². The number of carbonyl (C=O) groups excluding carboxylic acids is 1. The van der Waals surface area contributed by atoms with Crippen molar-refractivity contribution in [2.24, 2.45) is 0 Å². The van der Waals surface area contributed by atoms with Gasteiger partial charge >= 0.3 is 0 Å². The van der Waals surface area contributed by atoms with Crippen molar-refractivity contribution >= 4 is 16.7 Å². The number of benzene rings is 3. The zero-order valence-corrected chi connectivity index (χ0v) is 16.3. The Balaban J connectivity index is 1.68. The van der Waals surface area contributed by atoms with E-state index in [1.165, 1.54) is 16.7 Å². The van der Waals surface area contributed by atoms with Gasteiger partial charge in [-0.15, -0.1) is 0 Å². The lowest BCUT2D eigenvalue weighted by Crippen LogP contribution is -2.36. The van der Waals surface area contributed by atoms with Gasteiger partial charge in [-0.1, -0.05) is 68.4 Å². The number of amides is 1. The van der Waals surface area contributed by atoms with Crippen LogP contribution in [0.15, 0.2) is 60.7 Å². The van der Waals surface area contributed by atoms with Crippen LogP contribution in [0.3, 0.4) is 0 Å². The van der Waals surface area contributed by atoms with E-state index in [1.54, 1.807) is 6.92 Å². The van der Waals surface area contributed by atoms with Crippen LogP contribution in [0, 0.1) is 0 Å². The highest BCUT2D eigenvalue weighted by molar-refractivity contribution is 5.89. The summed E-state index contributed by atoms with van der Waals surface area (Å²) in [6.45, 7) is 6.60. The van der Waals surface area contributed by atoms with Crippen molar-refractivity contribution in [3.05, 3.63) is 77.4 Å². The summed E-state index contributed by atoms with van der Waals surface area (Å²) < 4.78 is 5.97. The molecule has 27 heavy (non-hydrogen) atoms.